The Morgan fingerprint density at radius 2 is 1.92 bits per heavy atom. The Kier molecular flexibility index (Phi) is 2.83. The smallest absolute Gasteiger partial charge is 0.249 e. The van der Waals surface area contributed by atoms with E-state index in [2.05, 4.69) is 5.32 Å². The molecule has 0 aromatic rings. The number of rotatable bonds is 2. The first-order valence-electron chi connectivity index (χ1n) is 5.28. The van der Waals surface area contributed by atoms with Gasteiger partial charge in [-0.2, -0.15) is 0 Å². The predicted molar refractivity (Wildman–Crippen MR) is 49.4 cm³/mol. The van der Waals surface area contributed by atoms with Crippen molar-refractivity contribution in [2.45, 2.75) is 50.7 Å². The van der Waals surface area contributed by atoms with Crippen molar-refractivity contribution in [2.24, 2.45) is 0 Å². The molecule has 1 N–H and O–H groups in total. The molecule has 0 unspecified atom stereocenters. The molecule has 13 heavy (non-hydrogen) atoms. The van der Waals surface area contributed by atoms with Gasteiger partial charge in [-0.05, 0) is 25.7 Å². The Morgan fingerprint density at radius 1 is 1.15 bits per heavy atom. The second kappa shape index (κ2) is 4.09. The molecule has 1 amide bonds. The summed E-state index contributed by atoms with van der Waals surface area (Å²) in [5.41, 5.74) is 0. The topological polar surface area (TPSA) is 38.3 Å². The van der Waals surface area contributed by atoms with Crippen molar-refractivity contribution < 1.29 is 9.53 Å². The monoisotopic (exact) mass is 183 g/mol. The first kappa shape index (κ1) is 9.00. The third kappa shape index (κ3) is 2.21. The Hall–Kier alpha value is -0.570. The van der Waals surface area contributed by atoms with Gasteiger partial charge in [0, 0.05) is 12.6 Å². The van der Waals surface area contributed by atoms with Gasteiger partial charge in [0.2, 0.25) is 5.91 Å². The molecule has 2 aliphatic rings. The highest BCUT2D eigenvalue weighted by Gasteiger charge is 2.26. The quantitative estimate of drug-likeness (QED) is 0.699. The highest BCUT2D eigenvalue weighted by atomic mass is 16.5. The number of hydrogen-bond donors (Lipinski definition) is 1. The third-order valence-electron chi connectivity index (χ3n) is 2.92. The molecule has 0 aromatic carbocycles. The largest absolute Gasteiger partial charge is 0.368 e. The van der Waals surface area contributed by atoms with E-state index in [4.69, 9.17) is 4.74 Å². The molecule has 1 atom stereocenters. The van der Waals surface area contributed by atoms with Crippen LogP contribution in [-0.2, 0) is 9.53 Å². The molecule has 74 valence electrons. The summed E-state index contributed by atoms with van der Waals surface area (Å²) in [5, 5.41) is 3.06. The number of ether oxygens (including phenoxy) is 1. The molecular weight excluding hydrogens is 166 g/mol. The lowest BCUT2D eigenvalue weighted by atomic mass is 10.2. The predicted octanol–water partition coefficient (Wildman–Crippen LogP) is 1.22. The standard InChI is InChI=1S/C10H17NO2/c12-10(9-6-3-7-13-9)11-8-4-1-2-5-8/h8-9H,1-7H2,(H,11,12)/t9-/m0/s1. The first-order chi connectivity index (χ1) is 6.36. The van der Waals surface area contributed by atoms with Crippen molar-refractivity contribution in [3.63, 3.8) is 0 Å². The summed E-state index contributed by atoms with van der Waals surface area (Å²) in [4.78, 5) is 11.6. The van der Waals surface area contributed by atoms with Crippen LogP contribution in [0.25, 0.3) is 0 Å². The summed E-state index contributed by atoms with van der Waals surface area (Å²) in [6.07, 6.45) is 6.60. The SMILES string of the molecule is O=C(NC1CCCC1)[C@@H]1CCCO1. The molecule has 3 heteroatoms. The van der Waals surface area contributed by atoms with Gasteiger partial charge in [-0.3, -0.25) is 4.79 Å². The minimum Gasteiger partial charge on any atom is -0.368 e. The zero-order valence-electron chi connectivity index (χ0n) is 7.92. The molecule has 3 nitrogen and oxygen atoms in total. The highest BCUT2D eigenvalue weighted by Crippen LogP contribution is 2.19. The fraction of sp³-hybridized carbons (Fsp3) is 0.900. The van der Waals surface area contributed by atoms with E-state index in [-0.39, 0.29) is 12.0 Å². The van der Waals surface area contributed by atoms with Crippen LogP contribution in [0.3, 0.4) is 0 Å². The van der Waals surface area contributed by atoms with Crippen LogP contribution in [0.15, 0.2) is 0 Å². The molecule has 2 fully saturated rings. The lowest BCUT2D eigenvalue weighted by Crippen LogP contribution is -2.39. The van der Waals surface area contributed by atoms with E-state index >= 15 is 0 Å². The molecule has 1 saturated carbocycles. The summed E-state index contributed by atoms with van der Waals surface area (Å²) in [5.74, 6) is 0.115. The lowest BCUT2D eigenvalue weighted by molar-refractivity contribution is -0.130. The van der Waals surface area contributed by atoms with Gasteiger partial charge in [0.15, 0.2) is 0 Å². The van der Waals surface area contributed by atoms with Gasteiger partial charge in [-0.1, -0.05) is 12.8 Å². The van der Waals surface area contributed by atoms with Crippen LogP contribution in [0.1, 0.15) is 38.5 Å². The molecule has 0 spiro atoms. The van der Waals surface area contributed by atoms with Crippen LogP contribution in [0.5, 0.6) is 0 Å². The van der Waals surface area contributed by atoms with Crippen LogP contribution >= 0.6 is 0 Å². The van der Waals surface area contributed by atoms with Crippen molar-refractivity contribution >= 4 is 5.91 Å². The molecule has 1 saturated heterocycles. The number of hydrogen-bond acceptors (Lipinski definition) is 2. The average molecular weight is 183 g/mol. The number of amides is 1. The van der Waals surface area contributed by atoms with Crippen molar-refractivity contribution in [3.8, 4) is 0 Å². The Balaban J connectivity index is 1.76. The van der Waals surface area contributed by atoms with Crippen molar-refractivity contribution in [3.05, 3.63) is 0 Å². The minimum absolute atomic E-state index is 0.115. The summed E-state index contributed by atoms with van der Waals surface area (Å²) < 4.78 is 5.31. The van der Waals surface area contributed by atoms with E-state index < -0.39 is 0 Å². The Bertz CT molecular complexity index is 181. The van der Waals surface area contributed by atoms with Gasteiger partial charge < -0.3 is 10.1 Å². The molecule has 2 rings (SSSR count). The maximum atomic E-state index is 11.6. The molecule has 0 bridgehead atoms. The second-order valence-corrected chi connectivity index (χ2v) is 3.99. The van der Waals surface area contributed by atoms with Crippen LogP contribution in [0, 0.1) is 0 Å². The molecule has 1 aliphatic heterocycles. The maximum Gasteiger partial charge on any atom is 0.249 e. The summed E-state index contributed by atoms with van der Waals surface area (Å²) in [6, 6.07) is 0.427. The van der Waals surface area contributed by atoms with E-state index in [1.807, 2.05) is 0 Å². The van der Waals surface area contributed by atoms with Crippen LogP contribution in [-0.4, -0.2) is 24.7 Å². The molecule has 1 aliphatic carbocycles. The lowest BCUT2D eigenvalue weighted by Gasteiger charge is -2.15. The van der Waals surface area contributed by atoms with Crippen molar-refractivity contribution in [2.75, 3.05) is 6.61 Å². The maximum absolute atomic E-state index is 11.6. The van der Waals surface area contributed by atoms with Gasteiger partial charge in [0.25, 0.3) is 0 Å². The Labute approximate surface area is 78.8 Å². The van der Waals surface area contributed by atoms with Gasteiger partial charge in [-0.25, -0.2) is 0 Å². The number of nitrogens with one attached hydrogen (secondary N) is 1. The van der Waals surface area contributed by atoms with E-state index in [9.17, 15) is 4.79 Å². The van der Waals surface area contributed by atoms with Crippen LogP contribution < -0.4 is 5.32 Å². The number of carbonyl (C=O) groups excluding carboxylic acids is 1. The van der Waals surface area contributed by atoms with Gasteiger partial charge in [0.05, 0.1) is 0 Å². The zero-order valence-corrected chi connectivity index (χ0v) is 7.92. The molecule has 1 heterocycles. The van der Waals surface area contributed by atoms with Gasteiger partial charge in [0.1, 0.15) is 6.10 Å². The number of carbonyl (C=O) groups is 1. The minimum atomic E-state index is -0.152. The van der Waals surface area contributed by atoms with E-state index in [0.29, 0.717) is 6.04 Å². The zero-order chi connectivity index (χ0) is 9.10. The summed E-state index contributed by atoms with van der Waals surface area (Å²) >= 11 is 0. The first-order valence-corrected chi connectivity index (χ1v) is 5.28. The third-order valence-corrected chi connectivity index (χ3v) is 2.92. The fourth-order valence-electron chi connectivity index (χ4n) is 2.15. The highest BCUT2D eigenvalue weighted by molar-refractivity contribution is 5.81. The average Bonchev–Trinajstić information content (AvgIpc) is 2.74. The van der Waals surface area contributed by atoms with Crippen LogP contribution in [0.2, 0.25) is 0 Å². The summed E-state index contributed by atoms with van der Waals surface area (Å²) in [6.45, 7) is 0.753. The summed E-state index contributed by atoms with van der Waals surface area (Å²) in [7, 11) is 0. The van der Waals surface area contributed by atoms with Crippen molar-refractivity contribution in [1.82, 2.24) is 5.32 Å². The molecular formula is C10H17NO2. The Morgan fingerprint density at radius 3 is 2.54 bits per heavy atom. The fourth-order valence-corrected chi connectivity index (χ4v) is 2.15. The van der Waals surface area contributed by atoms with Gasteiger partial charge in [-0.15, -0.1) is 0 Å². The van der Waals surface area contributed by atoms with Crippen LogP contribution in [0.4, 0.5) is 0 Å². The van der Waals surface area contributed by atoms with E-state index in [0.717, 1.165) is 32.3 Å². The second-order valence-electron chi connectivity index (χ2n) is 3.99. The molecule has 0 radical (unpaired) electrons. The van der Waals surface area contributed by atoms with Crippen molar-refractivity contribution in [1.29, 1.82) is 0 Å². The molecule has 0 aromatic heterocycles. The normalized spacial score (nSPS) is 29.4. The van der Waals surface area contributed by atoms with E-state index in [1.54, 1.807) is 0 Å². The van der Waals surface area contributed by atoms with E-state index in [1.165, 1.54) is 12.8 Å². The van der Waals surface area contributed by atoms with Gasteiger partial charge >= 0.3 is 0 Å².